The van der Waals surface area contributed by atoms with E-state index in [0.29, 0.717) is 18.1 Å². The summed E-state index contributed by atoms with van der Waals surface area (Å²) in [6, 6.07) is 18.3. The average molecular weight is 421 g/mol. The highest BCUT2D eigenvalue weighted by Gasteiger charge is 2.07. The van der Waals surface area contributed by atoms with Crippen LogP contribution < -0.4 is 20.3 Å². The first-order chi connectivity index (χ1) is 15.1. The summed E-state index contributed by atoms with van der Waals surface area (Å²) in [7, 11) is 0. The van der Waals surface area contributed by atoms with E-state index < -0.39 is 0 Å². The van der Waals surface area contributed by atoms with E-state index >= 15 is 0 Å². The third kappa shape index (κ3) is 6.18. The molecular weight excluding hydrogens is 394 g/mol. The van der Waals surface area contributed by atoms with E-state index in [4.69, 9.17) is 9.47 Å². The minimum atomic E-state index is -0.248. The Labute approximate surface area is 181 Å². The molecule has 1 N–H and O–H groups in total. The van der Waals surface area contributed by atoms with E-state index in [1.165, 1.54) is 10.7 Å². The molecule has 0 bridgehead atoms. The minimum Gasteiger partial charge on any atom is -0.494 e. The van der Waals surface area contributed by atoms with Crippen LogP contribution in [0.25, 0.3) is 11.3 Å². The van der Waals surface area contributed by atoms with E-state index in [9.17, 15) is 9.59 Å². The molecule has 7 nitrogen and oxygen atoms in total. The van der Waals surface area contributed by atoms with Crippen molar-refractivity contribution < 1.29 is 14.3 Å². The summed E-state index contributed by atoms with van der Waals surface area (Å²) < 4.78 is 12.4. The molecule has 31 heavy (non-hydrogen) atoms. The number of amides is 1. The molecule has 1 amide bonds. The largest absolute Gasteiger partial charge is 0.494 e. The fourth-order valence-corrected chi connectivity index (χ4v) is 3.08. The molecule has 2 aromatic carbocycles. The zero-order valence-electron chi connectivity index (χ0n) is 17.8. The number of carbonyl (C=O) groups is 1. The molecule has 0 saturated heterocycles. The summed E-state index contributed by atoms with van der Waals surface area (Å²) >= 11 is 0. The molecule has 0 aliphatic heterocycles. The van der Waals surface area contributed by atoms with Gasteiger partial charge < -0.3 is 14.8 Å². The van der Waals surface area contributed by atoms with Crippen LogP contribution in [0.5, 0.6) is 11.5 Å². The molecule has 162 valence electrons. The van der Waals surface area contributed by atoms with Crippen LogP contribution in [0.4, 0.5) is 0 Å². The number of nitrogens with one attached hydrogen (secondary N) is 1. The maximum Gasteiger partial charge on any atom is 0.266 e. The van der Waals surface area contributed by atoms with Gasteiger partial charge in [-0.05, 0) is 55.3 Å². The number of hydrogen-bond donors (Lipinski definition) is 1. The van der Waals surface area contributed by atoms with E-state index in [2.05, 4.69) is 10.4 Å². The number of rotatable bonds is 10. The summed E-state index contributed by atoms with van der Waals surface area (Å²) in [5, 5.41) is 7.18. The molecule has 0 atom stereocenters. The van der Waals surface area contributed by atoms with Gasteiger partial charge in [0.25, 0.3) is 11.5 Å². The lowest BCUT2D eigenvalue weighted by molar-refractivity contribution is -0.123. The van der Waals surface area contributed by atoms with Crippen LogP contribution in [0.15, 0.2) is 65.5 Å². The van der Waals surface area contributed by atoms with Crippen LogP contribution in [-0.4, -0.2) is 35.4 Å². The summed E-state index contributed by atoms with van der Waals surface area (Å²) in [5.74, 6) is 1.24. The molecule has 0 aliphatic carbocycles. The number of nitrogens with zero attached hydrogens (tertiary/aromatic N) is 2. The van der Waals surface area contributed by atoms with Crippen LogP contribution >= 0.6 is 0 Å². The molecule has 0 aliphatic rings. The number of ether oxygens (including phenoxy) is 2. The van der Waals surface area contributed by atoms with Crippen molar-refractivity contribution in [3.8, 4) is 22.8 Å². The second-order valence-corrected chi connectivity index (χ2v) is 6.84. The molecule has 1 heterocycles. The zero-order chi connectivity index (χ0) is 22.1. The Morgan fingerprint density at radius 1 is 1.00 bits per heavy atom. The Kier molecular flexibility index (Phi) is 7.81. The van der Waals surface area contributed by atoms with Gasteiger partial charge in [0.05, 0.1) is 18.8 Å². The molecule has 3 rings (SSSR count). The summed E-state index contributed by atoms with van der Waals surface area (Å²) in [4.78, 5) is 24.3. The van der Waals surface area contributed by atoms with Crippen LogP contribution in [0.1, 0.15) is 19.4 Å². The first-order valence-electron chi connectivity index (χ1n) is 10.4. The van der Waals surface area contributed by atoms with E-state index in [-0.39, 0.29) is 31.2 Å². The van der Waals surface area contributed by atoms with Gasteiger partial charge in [0.1, 0.15) is 11.5 Å². The van der Waals surface area contributed by atoms with Gasteiger partial charge in [-0.15, -0.1) is 0 Å². The molecule has 3 aromatic rings. The number of benzene rings is 2. The monoisotopic (exact) mass is 421 g/mol. The first-order valence-corrected chi connectivity index (χ1v) is 10.4. The molecular formula is C24H27N3O4. The van der Waals surface area contributed by atoms with Crippen molar-refractivity contribution in [2.75, 3.05) is 19.8 Å². The highest BCUT2D eigenvalue weighted by molar-refractivity contribution is 5.77. The average Bonchev–Trinajstić information content (AvgIpc) is 2.80. The summed E-state index contributed by atoms with van der Waals surface area (Å²) in [6.07, 6.45) is 0.830. The second kappa shape index (κ2) is 11.0. The highest BCUT2D eigenvalue weighted by atomic mass is 16.5. The van der Waals surface area contributed by atoms with Gasteiger partial charge in [-0.3, -0.25) is 9.59 Å². The van der Waals surface area contributed by atoms with Crippen molar-refractivity contribution in [1.82, 2.24) is 15.1 Å². The van der Waals surface area contributed by atoms with E-state index in [1.807, 2.05) is 62.4 Å². The molecule has 1 aromatic heterocycles. The Bertz CT molecular complexity index is 1060. The van der Waals surface area contributed by atoms with Gasteiger partial charge in [0.15, 0.2) is 6.61 Å². The van der Waals surface area contributed by atoms with Crippen LogP contribution in [0.3, 0.4) is 0 Å². The van der Waals surface area contributed by atoms with Crippen molar-refractivity contribution in [2.45, 2.75) is 26.8 Å². The second-order valence-electron chi connectivity index (χ2n) is 6.84. The molecule has 0 spiro atoms. The molecule has 0 saturated carbocycles. The summed E-state index contributed by atoms with van der Waals surface area (Å²) in [5.41, 5.74) is 2.38. The molecule has 0 unspecified atom stereocenters. The first kappa shape index (κ1) is 22.1. The number of aryl methyl sites for hydroxylation is 1. The SMILES string of the molecule is CCOc1ccc(-c2ccc(=O)n(CCNC(=O)COc3ccccc3CC)n2)cc1. The van der Waals surface area contributed by atoms with Crippen molar-refractivity contribution in [3.63, 3.8) is 0 Å². The van der Waals surface area contributed by atoms with Crippen LogP contribution in [0, 0.1) is 0 Å². The quantitative estimate of drug-likeness (QED) is 0.544. The maximum atomic E-state index is 12.1. The van der Waals surface area contributed by atoms with Crippen molar-refractivity contribution in [2.24, 2.45) is 0 Å². The standard InChI is InChI=1S/C24H27N3O4/c1-3-18-7-5-6-8-22(18)31-17-23(28)25-15-16-27-24(29)14-13-21(26-27)19-9-11-20(12-10-19)30-4-2/h5-14H,3-4,15-17H2,1-2H3,(H,25,28). The van der Waals surface area contributed by atoms with Gasteiger partial charge in [0.2, 0.25) is 0 Å². The topological polar surface area (TPSA) is 82.5 Å². The van der Waals surface area contributed by atoms with Crippen LogP contribution in [-0.2, 0) is 17.8 Å². The molecule has 0 radical (unpaired) electrons. The highest BCUT2D eigenvalue weighted by Crippen LogP contribution is 2.20. The zero-order valence-corrected chi connectivity index (χ0v) is 17.8. The lowest BCUT2D eigenvalue weighted by Gasteiger charge is -2.11. The Morgan fingerprint density at radius 2 is 1.77 bits per heavy atom. The maximum absolute atomic E-state index is 12.1. The van der Waals surface area contributed by atoms with Gasteiger partial charge in [-0.1, -0.05) is 25.1 Å². The van der Waals surface area contributed by atoms with Gasteiger partial charge >= 0.3 is 0 Å². The lowest BCUT2D eigenvalue weighted by Crippen LogP contribution is -2.34. The molecule has 0 fully saturated rings. The van der Waals surface area contributed by atoms with Gasteiger partial charge in [0, 0.05) is 18.2 Å². The van der Waals surface area contributed by atoms with Crippen LogP contribution in [0.2, 0.25) is 0 Å². The van der Waals surface area contributed by atoms with E-state index in [1.54, 1.807) is 6.07 Å². The van der Waals surface area contributed by atoms with Crippen molar-refractivity contribution in [3.05, 3.63) is 76.6 Å². The van der Waals surface area contributed by atoms with E-state index in [0.717, 1.165) is 23.3 Å². The summed E-state index contributed by atoms with van der Waals surface area (Å²) in [6.45, 7) is 5.03. The fraction of sp³-hybridized carbons (Fsp3) is 0.292. The third-order valence-corrected chi connectivity index (χ3v) is 4.69. The third-order valence-electron chi connectivity index (χ3n) is 4.69. The predicted molar refractivity (Wildman–Crippen MR) is 119 cm³/mol. The Balaban J connectivity index is 1.54. The smallest absolute Gasteiger partial charge is 0.266 e. The van der Waals surface area contributed by atoms with Crippen molar-refractivity contribution in [1.29, 1.82) is 0 Å². The fourth-order valence-electron chi connectivity index (χ4n) is 3.08. The Hall–Kier alpha value is -3.61. The lowest BCUT2D eigenvalue weighted by atomic mass is 10.1. The number of hydrogen-bond acceptors (Lipinski definition) is 5. The van der Waals surface area contributed by atoms with Gasteiger partial charge in [-0.2, -0.15) is 5.10 Å². The predicted octanol–water partition coefficient (Wildman–Crippen LogP) is 3.07. The van der Waals surface area contributed by atoms with Gasteiger partial charge in [-0.25, -0.2) is 4.68 Å². The number of aromatic nitrogens is 2. The Morgan fingerprint density at radius 3 is 2.52 bits per heavy atom. The van der Waals surface area contributed by atoms with Crippen molar-refractivity contribution >= 4 is 5.91 Å². The number of carbonyl (C=O) groups excluding carboxylic acids is 1. The normalized spacial score (nSPS) is 10.5. The minimum absolute atomic E-state index is 0.0778. The number of para-hydroxylation sites is 1. The molecule has 7 heteroatoms.